The van der Waals surface area contributed by atoms with Gasteiger partial charge in [0.2, 0.25) is 0 Å². The van der Waals surface area contributed by atoms with E-state index in [0.29, 0.717) is 21.7 Å². The molecule has 0 spiro atoms. The number of rotatable bonds is 4. The van der Waals surface area contributed by atoms with E-state index in [1.807, 2.05) is 30.3 Å². The van der Waals surface area contributed by atoms with E-state index >= 15 is 0 Å². The number of nitrogens with one attached hydrogen (secondary N) is 2. The fraction of sp³-hybridized carbons (Fsp3) is 0.188. The molecule has 0 heterocycles. The third kappa shape index (κ3) is 4.88. The molecule has 2 aromatic carbocycles. The highest BCUT2D eigenvalue weighted by atomic mass is 35.5. The molecule has 0 amide bonds. The summed E-state index contributed by atoms with van der Waals surface area (Å²) in [5.74, 6) is 0. The van der Waals surface area contributed by atoms with Crippen LogP contribution in [0.4, 0.5) is 0 Å². The lowest BCUT2D eigenvalue weighted by Crippen LogP contribution is -2.36. The summed E-state index contributed by atoms with van der Waals surface area (Å²) in [6.45, 7) is 2.63. The van der Waals surface area contributed by atoms with Crippen molar-refractivity contribution in [1.82, 2.24) is 10.6 Å². The Balaban J connectivity index is 1.87. The number of halogens is 2. The van der Waals surface area contributed by atoms with Crippen molar-refractivity contribution in [3.63, 3.8) is 0 Å². The standard InChI is InChI=1S/C16H16Cl2N2S/c1-11(12-5-3-2-4-6-12)20-16(21)19-10-13-7-8-14(17)9-15(13)18/h2-9,11H,10H2,1H3,(H2,19,20,21). The molecule has 2 rings (SSSR count). The molecule has 2 N–H and O–H groups in total. The van der Waals surface area contributed by atoms with E-state index in [9.17, 15) is 0 Å². The molecule has 0 radical (unpaired) electrons. The van der Waals surface area contributed by atoms with E-state index in [4.69, 9.17) is 35.4 Å². The van der Waals surface area contributed by atoms with Gasteiger partial charge in [-0.3, -0.25) is 0 Å². The molecule has 1 atom stereocenters. The van der Waals surface area contributed by atoms with Crippen molar-refractivity contribution >= 4 is 40.5 Å². The van der Waals surface area contributed by atoms with Crippen molar-refractivity contribution in [2.45, 2.75) is 19.5 Å². The van der Waals surface area contributed by atoms with Gasteiger partial charge in [0.15, 0.2) is 5.11 Å². The average Bonchev–Trinajstić information content (AvgIpc) is 2.47. The summed E-state index contributed by atoms with van der Waals surface area (Å²) in [6, 6.07) is 15.7. The van der Waals surface area contributed by atoms with Crippen molar-refractivity contribution in [1.29, 1.82) is 0 Å². The van der Waals surface area contributed by atoms with Crippen molar-refractivity contribution in [3.8, 4) is 0 Å². The first-order valence-corrected chi connectivity index (χ1v) is 7.76. The van der Waals surface area contributed by atoms with E-state index < -0.39 is 0 Å². The van der Waals surface area contributed by atoms with Crippen LogP contribution in [0.1, 0.15) is 24.1 Å². The Morgan fingerprint density at radius 3 is 2.52 bits per heavy atom. The second-order valence-electron chi connectivity index (χ2n) is 4.70. The fourth-order valence-corrected chi connectivity index (χ4v) is 2.64. The molecule has 0 bridgehead atoms. The van der Waals surface area contributed by atoms with Gasteiger partial charge in [-0.2, -0.15) is 0 Å². The van der Waals surface area contributed by atoms with Gasteiger partial charge in [0.05, 0.1) is 6.04 Å². The molecule has 21 heavy (non-hydrogen) atoms. The van der Waals surface area contributed by atoms with E-state index in [-0.39, 0.29) is 6.04 Å². The third-order valence-corrected chi connectivity index (χ3v) is 3.95. The lowest BCUT2D eigenvalue weighted by atomic mass is 10.1. The van der Waals surface area contributed by atoms with Gasteiger partial charge < -0.3 is 10.6 Å². The highest BCUT2D eigenvalue weighted by Gasteiger charge is 2.07. The monoisotopic (exact) mass is 338 g/mol. The normalized spacial score (nSPS) is 11.8. The van der Waals surface area contributed by atoms with Gasteiger partial charge in [-0.25, -0.2) is 0 Å². The summed E-state index contributed by atoms with van der Waals surface area (Å²) >= 11 is 17.3. The number of thiocarbonyl (C=S) groups is 1. The first-order chi connectivity index (χ1) is 10.1. The SMILES string of the molecule is CC(NC(=S)NCc1ccc(Cl)cc1Cl)c1ccccc1. The van der Waals surface area contributed by atoms with Crippen molar-refractivity contribution < 1.29 is 0 Å². The first kappa shape index (κ1) is 16.1. The lowest BCUT2D eigenvalue weighted by molar-refractivity contribution is 0.698. The minimum atomic E-state index is 0.145. The topological polar surface area (TPSA) is 24.1 Å². The fourth-order valence-electron chi connectivity index (χ4n) is 1.91. The van der Waals surface area contributed by atoms with Crippen LogP contribution in [0, 0.1) is 0 Å². The second kappa shape index (κ2) is 7.64. The maximum atomic E-state index is 6.13. The van der Waals surface area contributed by atoms with Crippen LogP contribution >= 0.6 is 35.4 Å². The van der Waals surface area contributed by atoms with Crippen LogP contribution in [0.25, 0.3) is 0 Å². The molecule has 0 saturated heterocycles. The molecule has 0 aromatic heterocycles. The predicted octanol–water partition coefficient (Wildman–Crippen LogP) is 4.72. The Morgan fingerprint density at radius 1 is 1.14 bits per heavy atom. The summed E-state index contributed by atoms with van der Waals surface area (Å²) < 4.78 is 0. The molecule has 2 nitrogen and oxygen atoms in total. The smallest absolute Gasteiger partial charge is 0.167 e. The summed E-state index contributed by atoms with van der Waals surface area (Å²) in [4.78, 5) is 0. The largest absolute Gasteiger partial charge is 0.359 e. The number of hydrogen-bond acceptors (Lipinski definition) is 1. The van der Waals surface area contributed by atoms with E-state index in [0.717, 1.165) is 5.56 Å². The Labute approximate surface area is 140 Å². The van der Waals surface area contributed by atoms with Crippen molar-refractivity contribution in [2.75, 3.05) is 0 Å². The summed E-state index contributed by atoms with van der Waals surface area (Å²) in [6.07, 6.45) is 0. The minimum absolute atomic E-state index is 0.145. The molecule has 0 aliphatic rings. The Hall–Kier alpha value is -1.29. The van der Waals surface area contributed by atoms with Crippen LogP contribution < -0.4 is 10.6 Å². The van der Waals surface area contributed by atoms with Gasteiger partial charge in [0, 0.05) is 16.6 Å². The maximum absolute atomic E-state index is 6.13. The van der Waals surface area contributed by atoms with Gasteiger partial charge in [0.25, 0.3) is 0 Å². The first-order valence-electron chi connectivity index (χ1n) is 6.59. The summed E-state index contributed by atoms with van der Waals surface area (Å²) in [5, 5.41) is 8.26. The van der Waals surface area contributed by atoms with E-state index in [1.165, 1.54) is 5.56 Å². The molecule has 0 aliphatic heterocycles. The zero-order valence-electron chi connectivity index (χ0n) is 11.6. The summed E-state index contributed by atoms with van der Waals surface area (Å²) in [7, 11) is 0. The molecule has 110 valence electrons. The van der Waals surface area contributed by atoms with E-state index in [2.05, 4.69) is 29.7 Å². The van der Waals surface area contributed by atoms with E-state index in [1.54, 1.807) is 6.07 Å². The predicted molar refractivity (Wildman–Crippen MR) is 93.9 cm³/mol. The molecule has 5 heteroatoms. The van der Waals surface area contributed by atoms with Crippen LogP contribution in [0.2, 0.25) is 10.0 Å². The summed E-state index contributed by atoms with van der Waals surface area (Å²) in [5.41, 5.74) is 2.14. The lowest BCUT2D eigenvalue weighted by Gasteiger charge is -2.17. The van der Waals surface area contributed by atoms with Gasteiger partial charge in [-0.1, -0.05) is 59.6 Å². The number of benzene rings is 2. The molecule has 0 saturated carbocycles. The Kier molecular flexibility index (Phi) is 5.85. The molecule has 0 fully saturated rings. The zero-order valence-corrected chi connectivity index (χ0v) is 13.9. The van der Waals surface area contributed by atoms with Crippen LogP contribution in [-0.4, -0.2) is 5.11 Å². The van der Waals surface area contributed by atoms with Crippen LogP contribution in [0.15, 0.2) is 48.5 Å². The Bertz CT molecular complexity index is 617. The van der Waals surface area contributed by atoms with Gasteiger partial charge in [-0.15, -0.1) is 0 Å². The zero-order chi connectivity index (χ0) is 15.2. The Morgan fingerprint density at radius 2 is 1.86 bits per heavy atom. The molecular weight excluding hydrogens is 323 g/mol. The minimum Gasteiger partial charge on any atom is -0.359 e. The maximum Gasteiger partial charge on any atom is 0.167 e. The van der Waals surface area contributed by atoms with Gasteiger partial charge in [0.1, 0.15) is 0 Å². The molecule has 0 aliphatic carbocycles. The van der Waals surface area contributed by atoms with Crippen LogP contribution in [-0.2, 0) is 6.54 Å². The highest BCUT2D eigenvalue weighted by Crippen LogP contribution is 2.20. The van der Waals surface area contributed by atoms with Gasteiger partial charge >= 0.3 is 0 Å². The molecule has 1 unspecified atom stereocenters. The van der Waals surface area contributed by atoms with Gasteiger partial charge in [-0.05, 0) is 42.4 Å². The average molecular weight is 339 g/mol. The highest BCUT2D eigenvalue weighted by molar-refractivity contribution is 7.80. The number of hydrogen-bond donors (Lipinski definition) is 2. The van der Waals surface area contributed by atoms with Crippen molar-refractivity contribution in [3.05, 3.63) is 69.7 Å². The van der Waals surface area contributed by atoms with Crippen molar-refractivity contribution in [2.24, 2.45) is 0 Å². The van der Waals surface area contributed by atoms with Crippen LogP contribution in [0.3, 0.4) is 0 Å². The van der Waals surface area contributed by atoms with Crippen LogP contribution in [0.5, 0.6) is 0 Å². The quantitative estimate of drug-likeness (QED) is 0.789. The molecule has 2 aromatic rings. The third-order valence-electron chi connectivity index (χ3n) is 3.10. The molecular formula is C16H16Cl2N2S. The second-order valence-corrected chi connectivity index (χ2v) is 5.95.